The minimum absolute atomic E-state index is 0.0544. The fourth-order valence-electron chi connectivity index (χ4n) is 2.63. The Balaban J connectivity index is 1.68. The largest absolute Gasteiger partial charge is 0.461 e. The number of hydrogen-bond donors (Lipinski definition) is 0. The fraction of sp³-hybridized carbons (Fsp3) is 0.294. The van der Waals surface area contributed by atoms with Crippen LogP contribution >= 0.6 is 0 Å². The van der Waals surface area contributed by atoms with E-state index in [-0.39, 0.29) is 12.6 Å². The van der Waals surface area contributed by atoms with Gasteiger partial charge in [0, 0.05) is 24.0 Å². The van der Waals surface area contributed by atoms with Gasteiger partial charge in [0.25, 0.3) is 0 Å². The third-order valence-corrected chi connectivity index (χ3v) is 3.78. The Morgan fingerprint density at radius 3 is 2.78 bits per heavy atom. The van der Waals surface area contributed by atoms with Crippen molar-refractivity contribution in [2.24, 2.45) is 0 Å². The maximum absolute atomic E-state index is 12.2. The van der Waals surface area contributed by atoms with Crippen molar-refractivity contribution in [3.63, 3.8) is 0 Å². The van der Waals surface area contributed by atoms with Crippen molar-refractivity contribution < 1.29 is 18.5 Å². The van der Waals surface area contributed by atoms with Crippen molar-refractivity contribution in [2.75, 3.05) is 0 Å². The number of carbonyl (C=O) groups is 1. The summed E-state index contributed by atoms with van der Waals surface area (Å²) in [7, 11) is 0. The molecule has 23 heavy (non-hydrogen) atoms. The Bertz CT molecular complexity index is 812. The molecule has 0 saturated heterocycles. The molecule has 0 bridgehead atoms. The Labute approximate surface area is 133 Å². The lowest BCUT2D eigenvalue weighted by atomic mass is 10.2. The van der Waals surface area contributed by atoms with E-state index < -0.39 is 0 Å². The standard InChI is InChI=1S/C17H18N2O4/c1-4-19-11(2)8-14(12(19)3)17(20)22-10-13-9-16(23-18-13)15-6-5-7-21-15/h5-9H,4,10H2,1-3H3. The van der Waals surface area contributed by atoms with Crippen LogP contribution in [0.1, 0.15) is 34.4 Å². The molecular weight excluding hydrogens is 296 g/mol. The topological polar surface area (TPSA) is 70.4 Å². The number of esters is 1. The zero-order valence-electron chi connectivity index (χ0n) is 13.3. The van der Waals surface area contributed by atoms with Crippen LogP contribution < -0.4 is 0 Å². The van der Waals surface area contributed by atoms with Crippen LogP contribution in [0.25, 0.3) is 11.5 Å². The number of nitrogens with zero attached hydrogens (tertiary/aromatic N) is 2. The molecule has 3 aromatic rings. The SMILES string of the molecule is CCn1c(C)cc(C(=O)OCc2cc(-c3ccco3)on2)c1C. The molecule has 6 nitrogen and oxygen atoms in total. The normalized spacial score (nSPS) is 10.9. The van der Waals surface area contributed by atoms with Gasteiger partial charge < -0.3 is 18.2 Å². The summed E-state index contributed by atoms with van der Waals surface area (Å²) < 4.78 is 17.8. The molecule has 0 aromatic carbocycles. The predicted molar refractivity (Wildman–Crippen MR) is 82.9 cm³/mol. The molecule has 0 atom stereocenters. The molecule has 3 heterocycles. The lowest BCUT2D eigenvalue weighted by Gasteiger charge is -2.05. The van der Waals surface area contributed by atoms with Gasteiger partial charge in [0.1, 0.15) is 12.3 Å². The molecule has 0 aliphatic rings. The van der Waals surface area contributed by atoms with E-state index in [1.54, 1.807) is 24.5 Å². The van der Waals surface area contributed by atoms with E-state index >= 15 is 0 Å². The van der Waals surface area contributed by atoms with Crippen LogP contribution in [0, 0.1) is 13.8 Å². The highest BCUT2D eigenvalue weighted by atomic mass is 16.5. The number of carbonyl (C=O) groups excluding carboxylic acids is 1. The molecule has 120 valence electrons. The highest BCUT2D eigenvalue weighted by Gasteiger charge is 2.17. The van der Waals surface area contributed by atoms with Crippen LogP contribution in [0.2, 0.25) is 0 Å². The second kappa shape index (κ2) is 6.16. The average molecular weight is 314 g/mol. The molecule has 0 saturated carbocycles. The molecule has 0 fully saturated rings. The van der Waals surface area contributed by atoms with Crippen LogP contribution in [0.4, 0.5) is 0 Å². The number of hydrogen-bond acceptors (Lipinski definition) is 5. The van der Waals surface area contributed by atoms with Crippen molar-refractivity contribution in [3.05, 3.63) is 53.2 Å². The summed E-state index contributed by atoms with van der Waals surface area (Å²) in [4.78, 5) is 12.2. The summed E-state index contributed by atoms with van der Waals surface area (Å²) >= 11 is 0. The van der Waals surface area contributed by atoms with E-state index in [1.165, 1.54) is 0 Å². The average Bonchev–Trinajstić information content (AvgIpc) is 3.24. The maximum atomic E-state index is 12.2. The number of ether oxygens (including phenoxy) is 1. The highest BCUT2D eigenvalue weighted by Crippen LogP contribution is 2.21. The summed E-state index contributed by atoms with van der Waals surface area (Å²) in [5.74, 6) is 0.729. The van der Waals surface area contributed by atoms with Crippen LogP contribution in [-0.2, 0) is 17.9 Å². The van der Waals surface area contributed by atoms with Crippen molar-refractivity contribution in [1.29, 1.82) is 0 Å². The first-order valence-electron chi connectivity index (χ1n) is 7.43. The van der Waals surface area contributed by atoms with Gasteiger partial charge in [0.05, 0.1) is 11.8 Å². The van der Waals surface area contributed by atoms with Gasteiger partial charge in [-0.05, 0) is 39.0 Å². The Morgan fingerprint density at radius 2 is 2.13 bits per heavy atom. The van der Waals surface area contributed by atoms with Crippen LogP contribution in [0.3, 0.4) is 0 Å². The monoisotopic (exact) mass is 314 g/mol. The van der Waals surface area contributed by atoms with E-state index in [4.69, 9.17) is 13.7 Å². The predicted octanol–water partition coefficient (Wildman–Crippen LogP) is 3.73. The number of aromatic nitrogens is 2. The first-order chi connectivity index (χ1) is 11.1. The van der Waals surface area contributed by atoms with Crippen molar-refractivity contribution in [3.8, 4) is 11.5 Å². The van der Waals surface area contributed by atoms with E-state index in [0.717, 1.165) is 17.9 Å². The first-order valence-corrected chi connectivity index (χ1v) is 7.43. The third-order valence-electron chi connectivity index (χ3n) is 3.78. The lowest BCUT2D eigenvalue weighted by molar-refractivity contribution is 0.0463. The number of furan rings is 1. The van der Waals surface area contributed by atoms with Crippen molar-refractivity contribution in [2.45, 2.75) is 33.9 Å². The maximum Gasteiger partial charge on any atom is 0.340 e. The highest BCUT2D eigenvalue weighted by molar-refractivity contribution is 5.91. The summed E-state index contributed by atoms with van der Waals surface area (Å²) in [6.07, 6.45) is 1.56. The van der Waals surface area contributed by atoms with Gasteiger partial charge in [-0.15, -0.1) is 0 Å². The van der Waals surface area contributed by atoms with Gasteiger partial charge in [-0.2, -0.15) is 0 Å². The zero-order chi connectivity index (χ0) is 16.4. The molecule has 0 N–H and O–H groups in total. The summed E-state index contributed by atoms with van der Waals surface area (Å²) in [5.41, 5.74) is 3.07. The van der Waals surface area contributed by atoms with Crippen LogP contribution in [-0.4, -0.2) is 15.7 Å². The van der Waals surface area contributed by atoms with Gasteiger partial charge in [0.2, 0.25) is 5.76 Å². The smallest absolute Gasteiger partial charge is 0.340 e. The van der Waals surface area contributed by atoms with E-state index in [2.05, 4.69) is 9.72 Å². The van der Waals surface area contributed by atoms with Gasteiger partial charge in [-0.1, -0.05) is 5.16 Å². The molecule has 0 unspecified atom stereocenters. The summed E-state index contributed by atoms with van der Waals surface area (Å²) in [6, 6.07) is 7.08. The molecule has 0 aliphatic carbocycles. The third kappa shape index (κ3) is 2.92. The van der Waals surface area contributed by atoms with Gasteiger partial charge in [-0.3, -0.25) is 0 Å². The Morgan fingerprint density at radius 1 is 1.30 bits per heavy atom. The molecule has 3 aromatic heterocycles. The van der Waals surface area contributed by atoms with E-state index in [0.29, 0.717) is 22.8 Å². The molecular formula is C17H18N2O4. The summed E-state index contributed by atoms with van der Waals surface area (Å²) in [6.45, 7) is 6.80. The second-order valence-corrected chi connectivity index (χ2v) is 5.26. The molecule has 0 spiro atoms. The van der Waals surface area contributed by atoms with Gasteiger partial charge >= 0.3 is 5.97 Å². The van der Waals surface area contributed by atoms with Gasteiger partial charge in [0.15, 0.2) is 5.76 Å². The quantitative estimate of drug-likeness (QED) is 0.671. The van der Waals surface area contributed by atoms with E-state index in [9.17, 15) is 4.79 Å². The fourth-order valence-corrected chi connectivity index (χ4v) is 2.63. The summed E-state index contributed by atoms with van der Waals surface area (Å²) in [5, 5.41) is 3.88. The van der Waals surface area contributed by atoms with E-state index in [1.807, 2.05) is 26.8 Å². The molecule has 6 heteroatoms. The molecule has 3 rings (SSSR count). The number of aryl methyl sites for hydroxylation is 1. The first kappa shape index (κ1) is 15.1. The van der Waals surface area contributed by atoms with Crippen LogP contribution in [0.15, 0.2) is 39.5 Å². The molecule has 0 aliphatic heterocycles. The van der Waals surface area contributed by atoms with Crippen LogP contribution in [0.5, 0.6) is 0 Å². The van der Waals surface area contributed by atoms with Crippen molar-refractivity contribution >= 4 is 5.97 Å². The lowest BCUT2D eigenvalue weighted by Crippen LogP contribution is -2.07. The van der Waals surface area contributed by atoms with Crippen molar-refractivity contribution in [1.82, 2.24) is 9.72 Å². The van der Waals surface area contributed by atoms with Gasteiger partial charge in [-0.25, -0.2) is 4.79 Å². The molecule has 0 amide bonds. The Hall–Kier alpha value is -2.76. The minimum atomic E-state index is -0.361. The Kier molecular flexibility index (Phi) is 4.06. The molecule has 0 radical (unpaired) electrons. The zero-order valence-corrected chi connectivity index (χ0v) is 13.3. The number of rotatable bonds is 5. The minimum Gasteiger partial charge on any atom is -0.461 e. The second-order valence-electron chi connectivity index (χ2n) is 5.26.